The first-order valence-electron chi connectivity index (χ1n) is 6.38. The number of likely N-dealkylation sites (N-methyl/N-ethyl adjacent to an activating group) is 1. The summed E-state index contributed by atoms with van der Waals surface area (Å²) in [5.74, 6) is 0.251. The van der Waals surface area contributed by atoms with E-state index in [9.17, 15) is 9.59 Å². The Hall–Kier alpha value is -1.36. The van der Waals surface area contributed by atoms with Crippen molar-refractivity contribution in [3.05, 3.63) is 34.3 Å². The predicted molar refractivity (Wildman–Crippen MR) is 74.8 cm³/mol. The molecule has 3 rings (SSSR count). The summed E-state index contributed by atoms with van der Waals surface area (Å²) < 4.78 is 1.05. The molecule has 2 aliphatic rings. The minimum Gasteiger partial charge on any atom is -0.323 e. The van der Waals surface area contributed by atoms with Crippen LogP contribution >= 0.6 is 15.9 Å². The Bertz CT molecular complexity index is 543. The quantitative estimate of drug-likeness (QED) is 0.808. The highest BCUT2D eigenvalue weighted by Gasteiger charge is 2.53. The predicted octanol–water partition coefficient (Wildman–Crippen LogP) is 2.64. The van der Waals surface area contributed by atoms with Crippen molar-refractivity contribution in [3.8, 4) is 0 Å². The van der Waals surface area contributed by atoms with Crippen LogP contribution in [0, 0.1) is 0 Å². The molecule has 19 heavy (non-hydrogen) atoms. The Morgan fingerprint density at radius 2 is 2.00 bits per heavy atom. The lowest BCUT2D eigenvalue weighted by atomic mass is 9.92. The summed E-state index contributed by atoms with van der Waals surface area (Å²) in [6, 6.07) is 7.92. The molecular weight excluding hydrogens is 308 g/mol. The van der Waals surface area contributed by atoms with Gasteiger partial charge < -0.3 is 5.32 Å². The molecule has 1 spiro atoms. The molecule has 1 heterocycles. The number of hydrogen-bond donors (Lipinski definition) is 1. The zero-order chi connectivity index (χ0) is 13.6. The van der Waals surface area contributed by atoms with Gasteiger partial charge in [0.2, 0.25) is 0 Å². The van der Waals surface area contributed by atoms with Gasteiger partial charge in [0, 0.05) is 11.5 Å². The SMILES string of the molecule is CN1C(=O)NC2(CC[C@H](c3ccc(Br)cc3)C2)C1=O. The number of nitrogens with zero attached hydrogens (tertiary/aromatic N) is 1. The maximum Gasteiger partial charge on any atom is 0.324 e. The fourth-order valence-corrected chi connectivity index (χ4v) is 3.39. The topological polar surface area (TPSA) is 49.4 Å². The highest BCUT2D eigenvalue weighted by atomic mass is 79.9. The molecule has 0 aromatic heterocycles. The Kier molecular flexibility index (Phi) is 2.89. The van der Waals surface area contributed by atoms with E-state index in [1.165, 1.54) is 10.5 Å². The van der Waals surface area contributed by atoms with Gasteiger partial charge in [-0.25, -0.2) is 4.79 Å². The summed E-state index contributed by atoms with van der Waals surface area (Å²) in [6.45, 7) is 0. The smallest absolute Gasteiger partial charge is 0.323 e. The van der Waals surface area contributed by atoms with Crippen LogP contribution in [0.2, 0.25) is 0 Å². The molecule has 1 saturated carbocycles. The highest BCUT2D eigenvalue weighted by molar-refractivity contribution is 9.10. The van der Waals surface area contributed by atoms with Crippen molar-refractivity contribution in [2.45, 2.75) is 30.7 Å². The number of halogens is 1. The minimum absolute atomic E-state index is 0.0860. The second-order valence-corrected chi connectivity index (χ2v) is 6.28. The summed E-state index contributed by atoms with van der Waals surface area (Å²) in [6.07, 6.45) is 2.35. The first-order valence-corrected chi connectivity index (χ1v) is 7.17. The molecule has 100 valence electrons. The second kappa shape index (κ2) is 4.34. The lowest BCUT2D eigenvalue weighted by Gasteiger charge is -2.20. The Labute approximate surface area is 120 Å². The normalized spacial score (nSPS) is 30.2. The van der Waals surface area contributed by atoms with Gasteiger partial charge in [-0.1, -0.05) is 28.1 Å². The Morgan fingerprint density at radius 1 is 1.32 bits per heavy atom. The molecule has 1 aliphatic heterocycles. The standard InChI is InChI=1S/C14H15BrN2O2/c1-17-12(18)14(16-13(17)19)7-6-10(8-14)9-2-4-11(15)5-3-9/h2-5,10H,6-8H2,1H3,(H,16,19)/t10-,14?/m0/s1. The molecule has 2 atom stereocenters. The first kappa shape index (κ1) is 12.7. The molecule has 5 heteroatoms. The van der Waals surface area contributed by atoms with Crippen LogP contribution in [-0.2, 0) is 4.79 Å². The maximum atomic E-state index is 12.2. The third-order valence-corrected chi connectivity index (χ3v) is 4.75. The zero-order valence-corrected chi connectivity index (χ0v) is 12.2. The Balaban J connectivity index is 1.83. The third-order valence-electron chi connectivity index (χ3n) is 4.22. The number of carbonyl (C=O) groups excluding carboxylic acids is 2. The van der Waals surface area contributed by atoms with Gasteiger partial charge in [-0.3, -0.25) is 9.69 Å². The van der Waals surface area contributed by atoms with Gasteiger partial charge in [-0.2, -0.15) is 0 Å². The van der Waals surface area contributed by atoms with Crippen molar-refractivity contribution in [3.63, 3.8) is 0 Å². The van der Waals surface area contributed by atoms with Crippen LogP contribution in [-0.4, -0.2) is 29.4 Å². The summed E-state index contributed by atoms with van der Waals surface area (Å²) in [5.41, 5.74) is 0.570. The van der Waals surface area contributed by atoms with Crippen LogP contribution in [0.1, 0.15) is 30.7 Å². The van der Waals surface area contributed by atoms with Crippen molar-refractivity contribution in [2.24, 2.45) is 0 Å². The lowest BCUT2D eigenvalue weighted by Crippen LogP contribution is -2.44. The van der Waals surface area contributed by atoms with Gasteiger partial charge in [-0.05, 0) is 42.9 Å². The number of urea groups is 1. The lowest BCUT2D eigenvalue weighted by molar-refractivity contribution is -0.130. The largest absolute Gasteiger partial charge is 0.324 e. The van der Waals surface area contributed by atoms with Crippen LogP contribution in [0.4, 0.5) is 4.79 Å². The van der Waals surface area contributed by atoms with E-state index in [0.717, 1.165) is 17.3 Å². The molecule has 1 aliphatic carbocycles. The van der Waals surface area contributed by atoms with E-state index in [1.807, 2.05) is 12.1 Å². The van der Waals surface area contributed by atoms with Crippen molar-refractivity contribution < 1.29 is 9.59 Å². The van der Waals surface area contributed by atoms with Crippen LogP contribution in [0.3, 0.4) is 0 Å². The van der Waals surface area contributed by atoms with E-state index in [-0.39, 0.29) is 11.9 Å². The molecule has 0 bridgehead atoms. The highest BCUT2D eigenvalue weighted by Crippen LogP contribution is 2.43. The molecule has 2 fully saturated rings. The Morgan fingerprint density at radius 3 is 2.58 bits per heavy atom. The minimum atomic E-state index is -0.663. The number of carbonyl (C=O) groups is 2. The van der Waals surface area contributed by atoms with Crippen LogP contribution < -0.4 is 5.32 Å². The van der Waals surface area contributed by atoms with Gasteiger partial charge in [0.25, 0.3) is 5.91 Å². The van der Waals surface area contributed by atoms with Crippen LogP contribution in [0.15, 0.2) is 28.7 Å². The number of benzene rings is 1. The molecule has 3 amide bonds. The number of hydrogen-bond acceptors (Lipinski definition) is 2. The van der Waals surface area contributed by atoms with E-state index in [2.05, 4.69) is 33.4 Å². The van der Waals surface area contributed by atoms with E-state index in [0.29, 0.717) is 12.3 Å². The molecule has 1 N–H and O–H groups in total. The number of rotatable bonds is 1. The average Bonchev–Trinajstić information content (AvgIpc) is 2.90. The van der Waals surface area contributed by atoms with Gasteiger partial charge >= 0.3 is 6.03 Å². The maximum absolute atomic E-state index is 12.2. The molecule has 1 unspecified atom stereocenters. The average molecular weight is 323 g/mol. The van der Waals surface area contributed by atoms with E-state index in [4.69, 9.17) is 0 Å². The summed E-state index contributed by atoms with van der Waals surface area (Å²) in [7, 11) is 1.54. The molecule has 1 aromatic rings. The monoisotopic (exact) mass is 322 g/mol. The van der Waals surface area contributed by atoms with Gasteiger partial charge in [-0.15, -0.1) is 0 Å². The molecule has 0 radical (unpaired) electrons. The fraction of sp³-hybridized carbons (Fsp3) is 0.429. The van der Waals surface area contributed by atoms with Crippen molar-refractivity contribution in [1.82, 2.24) is 10.2 Å². The molecular formula is C14H15BrN2O2. The van der Waals surface area contributed by atoms with Crippen LogP contribution in [0.5, 0.6) is 0 Å². The van der Waals surface area contributed by atoms with Gasteiger partial charge in [0.15, 0.2) is 0 Å². The molecule has 1 aromatic carbocycles. The van der Waals surface area contributed by atoms with Gasteiger partial charge in [0.05, 0.1) is 0 Å². The molecule has 4 nitrogen and oxygen atoms in total. The summed E-state index contributed by atoms with van der Waals surface area (Å²) in [4.78, 5) is 25.0. The van der Waals surface area contributed by atoms with Gasteiger partial charge in [0.1, 0.15) is 5.54 Å². The van der Waals surface area contributed by atoms with E-state index >= 15 is 0 Å². The van der Waals surface area contributed by atoms with E-state index < -0.39 is 5.54 Å². The van der Waals surface area contributed by atoms with Crippen molar-refractivity contribution in [1.29, 1.82) is 0 Å². The summed E-state index contributed by atoms with van der Waals surface area (Å²) >= 11 is 3.42. The summed E-state index contributed by atoms with van der Waals surface area (Å²) in [5, 5.41) is 2.87. The van der Waals surface area contributed by atoms with Crippen molar-refractivity contribution in [2.75, 3.05) is 7.05 Å². The first-order chi connectivity index (χ1) is 9.02. The second-order valence-electron chi connectivity index (χ2n) is 5.37. The molecule has 1 saturated heterocycles. The number of nitrogens with one attached hydrogen (secondary N) is 1. The zero-order valence-electron chi connectivity index (χ0n) is 10.6. The third kappa shape index (κ3) is 1.96. The van der Waals surface area contributed by atoms with Crippen molar-refractivity contribution >= 4 is 27.9 Å². The van der Waals surface area contributed by atoms with Crippen LogP contribution in [0.25, 0.3) is 0 Å². The van der Waals surface area contributed by atoms with E-state index in [1.54, 1.807) is 7.05 Å². The fourth-order valence-electron chi connectivity index (χ4n) is 3.13. The number of imide groups is 1. The number of amides is 3.